The van der Waals surface area contributed by atoms with Gasteiger partial charge < -0.3 is 16.0 Å². The molecule has 0 atom stereocenters. The van der Waals surface area contributed by atoms with Crippen LogP contribution in [-0.4, -0.2) is 66.5 Å². The molecule has 1 saturated carbocycles. The van der Waals surface area contributed by atoms with E-state index in [1.165, 1.54) is 12.8 Å². The van der Waals surface area contributed by atoms with E-state index in [0.717, 1.165) is 51.1 Å². The first-order valence-electron chi connectivity index (χ1n) is 8.03. The molecule has 3 N–H and O–H groups in total. The molecular formula is C15H29N5O. The van der Waals surface area contributed by atoms with Crippen LogP contribution >= 0.6 is 0 Å². The van der Waals surface area contributed by atoms with Crippen LogP contribution in [0.4, 0.5) is 0 Å². The van der Waals surface area contributed by atoms with Crippen molar-refractivity contribution in [2.24, 2.45) is 16.6 Å². The molecule has 1 aliphatic carbocycles. The zero-order chi connectivity index (χ0) is 15.5. The molecular weight excluding hydrogens is 266 g/mol. The van der Waals surface area contributed by atoms with E-state index < -0.39 is 5.54 Å². The van der Waals surface area contributed by atoms with Crippen molar-refractivity contribution in [3.63, 3.8) is 0 Å². The molecule has 2 aliphatic rings. The van der Waals surface area contributed by atoms with Gasteiger partial charge in [-0.05, 0) is 39.5 Å². The van der Waals surface area contributed by atoms with Gasteiger partial charge in [-0.2, -0.15) is 0 Å². The molecule has 21 heavy (non-hydrogen) atoms. The number of carbonyl (C=O) groups is 1. The van der Waals surface area contributed by atoms with Crippen LogP contribution in [0.3, 0.4) is 0 Å². The quantitative estimate of drug-likeness (QED) is 0.563. The maximum atomic E-state index is 11.6. The molecule has 0 aromatic rings. The number of carbonyl (C=O) groups excluding carboxylic acids is 1. The molecule has 120 valence electrons. The number of hydrogen-bond acceptors (Lipinski definition) is 3. The van der Waals surface area contributed by atoms with Crippen LogP contribution < -0.4 is 11.1 Å². The van der Waals surface area contributed by atoms with E-state index >= 15 is 0 Å². The Morgan fingerprint density at radius 3 is 2.38 bits per heavy atom. The van der Waals surface area contributed by atoms with E-state index in [-0.39, 0.29) is 5.91 Å². The van der Waals surface area contributed by atoms with Gasteiger partial charge in [0.2, 0.25) is 5.91 Å². The minimum Gasteiger partial charge on any atom is -0.368 e. The summed E-state index contributed by atoms with van der Waals surface area (Å²) in [7, 11) is 0. The van der Waals surface area contributed by atoms with Crippen LogP contribution in [0.1, 0.15) is 33.6 Å². The largest absolute Gasteiger partial charge is 0.368 e. The van der Waals surface area contributed by atoms with Crippen molar-refractivity contribution < 1.29 is 4.79 Å². The third-order valence-electron chi connectivity index (χ3n) is 4.50. The van der Waals surface area contributed by atoms with Crippen molar-refractivity contribution in [3.05, 3.63) is 0 Å². The summed E-state index contributed by atoms with van der Waals surface area (Å²) in [4.78, 5) is 20.8. The summed E-state index contributed by atoms with van der Waals surface area (Å²) in [6.45, 7) is 11.2. The van der Waals surface area contributed by atoms with Gasteiger partial charge in [0, 0.05) is 39.3 Å². The smallest absolute Gasteiger partial charge is 0.237 e. The van der Waals surface area contributed by atoms with Gasteiger partial charge in [-0.1, -0.05) is 0 Å². The standard InChI is InChI=1S/C15H29N5O/c1-4-17-14(18-11-12-5-6-12)19-7-9-20(10-8-19)15(2,3)13(16)21/h12H,4-11H2,1-3H3,(H2,16,21)(H,17,18). The lowest BCUT2D eigenvalue weighted by Crippen LogP contribution is -2.61. The average Bonchev–Trinajstić information content (AvgIpc) is 3.27. The van der Waals surface area contributed by atoms with Crippen LogP contribution in [0.15, 0.2) is 4.99 Å². The Balaban J connectivity index is 1.91. The summed E-state index contributed by atoms with van der Waals surface area (Å²) in [6.07, 6.45) is 2.65. The van der Waals surface area contributed by atoms with Crippen molar-refractivity contribution in [1.29, 1.82) is 0 Å². The van der Waals surface area contributed by atoms with Crippen LogP contribution in [-0.2, 0) is 4.79 Å². The molecule has 0 radical (unpaired) electrons. The highest BCUT2D eigenvalue weighted by Gasteiger charge is 2.35. The van der Waals surface area contributed by atoms with Gasteiger partial charge in [0.25, 0.3) is 0 Å². The average molecular weight is 295 g/mol. The van der Waals surface area contributed by atoms with E-state index in [9.17, 15) is 4.79 Å². The number of primary amides is 1. The Bertz CT molecular complexity index is 395. The number of piperazine rings is 1. The molecule has 0 unspecified atom stereocenters. The highest BCUT2D eigenvalue weighted by atomic mass is 16.1. The third kappa shape index (κ3) is 4.09. The second kappa shape index (κ2) is 6.64. The molecule has 0 aromatic carbocycles. The van der Waals surface area contributed by atoms with E-state index in [1.54, 1.807) is 0 Å². The highest BCUT2D eigenvalue weighted by molar-refractivity contribution is 5.84. The second-order valence-corrected chi connectivity index (χ2v) is 6.54. The Hall–Kier alpha value is -1.30. The third-order valence-corrected chi connectivity index (χ3v) is 4.50. The summed E-state index contributed by atoms with van der Waals surface area (Å²) < 4.78 is 0. The SMILES string of the molecule is CCNC(=NCC1CC1)N1CCN(C(C)(C)C(N)=O)CC1. The predicted octanol–water partition coefficient (Wildman–Crippen LogP) is 0.243. The van der Waals surface area contributed by atoms with Crippen molar-refractivity contribution in [2.45, 2.75) is 39.2 Å². The van der Waals surface area contributed by atoms with Gasteiger partial charge in [0.1, 0.15) is 0 Å². The van der Waals surface area contributed by atoms with Gasteiger partial charge in [-0.15, -0.1) is 0 Å². The second-order valence-electron chi connectivity index (χ2n) is 6.54. The van der Waals surface area contributed by atoms with Crippen LogP contribution in [0.5, 0.6) is 0 Å². The molecule has 1 heterocycles. The summed E-state index contributed by atoms with van der Waals surface area (Å²) in [5.74, 6) is 1.56. The fourth-order valence-electron chi connectivity index (χ4n) is 2.57. The first-order chi connectivity index (χ1) is 9.95. The normalized spacial score (nSPS) is 21.5. The fourth-order valence-corrected chi connectivity index (χ4v) is 2.57. The van der Waals surface area contributed by atoms with E-state index in [4.69, 9.17) is 10.7 Å². The van der Waals surface area contributed by atoms with Crippen LogP contribution in [0.2, 0.25) is 0 Å². The van der Waals surface area contributed by atoms with Crippen molar-refractivity contribution in [1.82, 2.24) is 15.1 Å². The fraction of sp³-hybridized carbons (Fsp3) is 0.867. The molecule has 0 spiro atoms. The lowest BCUT2D eigenvalue weighted by Gasteiger charge is -2.43. The Labute approximate surface area is 127 Å². The molecule has 0 bridgehead atoms. The Kier molecular flexibility index (Phi) is 5.08. The lowest BCUT2D eigenvalue weighted by atomic mass is 10.0. The number of nitrogens with one attached hydrogen (secondary N) is 1. The van der Waals surface area contributed by atoms with Gasteiger partial charge >= 0.3 is 0 Å². The van der Waals surface area contributed by atoms with E-state index in [2.05, 4.69) is 22.0 Å². The molecule has 6 nitrogen and oxygen atoms in total. The van der Waals surface area contributed by atoms with Gasteiger partial charge in [0.15, 0.2) is 5.96 Å². The highest BCUT2D eigenvalue weighted by Crippen LogP contribution is 2.28. The summed E-state index contributed by atoms with van der Waals surface area (Å²) in [5.41, 5.74) is 4.93. The van der Waals surface area contributed by atoms with Crippen molar-refractivity contribution in [3.8, 4) is 0 Å². The predicted molar refractivity (Wildman–Crippen MR) is 85.1 cm³/mol. The van der Waals surface area contributed by atoms with Gasteiger partial charge in [-0.3, -0.25) is 14.7 Å². The van der Waals surface area contributed by atoms with Gasteiger partial charge in [-0.25, -0.2) is 0 Å². The first kappa shape index (κ1) is 16.1. The minimum atomic E-state index is -0.574. The van der Waals surface area contributed by atoms with Crippen LogP contribution in [0, 0.1) is 5.92 Å². The maximum absolute atomic E-state index is 11.6. The number of nitrogens with zero attached hydrogens (tertiary/aromatic N) is 3. The Morgan fingerprint density at radius 2 is 1.90 bits per heavy atom. The molecule has 0 aromatic heterocycles. The van der Waals surface area contributed by atoms with E-state index in [0.29, 0.717) is 0 Å². The maximum Gasteiger partial charge on any atom is 0.237 e. The monoisotopic (exact) mass is 295 g/mol. The minimum absolute atomic E-state index is 0.259. The molecule has 6 heteroatoms. The van der Waals surface area contributed by atoms with Crippen LogP contribution in [0.25, 0.3) is 0 Å². The zero-order valence-electron chi connectivity index (χ0n) is 13.6. The number of nitrogens with two attached hydrogens (primary N) is 1. The summed E-state index contributed by atoms with van der Waals surface area (Å²) in [6, 6.07) is 0. The number of amides is 1. The summed E-state index contributed by atoms with van der Waals surface area (Å²) in [5, 5.41) is 3.38. The lowest BCUT2D eigenvalue weighted by molar-refractivity contribution is -0.129. The number of guanidine groups is 1. The van der Waals surface area contributed by atoms with E-state index in [1.807, 2.05) is 13.8 Å². The molecule has 1 amide bonds. The molecule has 1 saturated heterocycles. The van der Waals surface area contributed by atoms with Gasteiger partial charge in [0.05, 0.1) is 5.54 Å². The molecule has 1 aliphatic heterocycles. The summed E-state index contributed by atoms with van der Waals surface area (Å²) >= 11 is 0. The Morgan fingerprint density at radius 1 is 1.29 bits per heavy atom. The zero-order valence-corrected chi connectivity index (χ0v) is 13.6. The number of hydrogen-bond donors (Lipinski definition) is 2. The molecule has 2 fully saturated rings. The topological polar surface area (TPSA) is 74.0 Å². The number of rotatable bonds is 5. The first-order valence-corrected chi connectivity index (χ1v) is 8.03. The molecule has 2 rings (SSSR count). The van der Waals surface area contributed by atoms with Crippen molar-refractivity contribution >= 4 is 11.9 Å². The number of aliphatic imine (C=N–C) groups is 1. The van der Waals surface area contributed by atoms with Crippen molar-refractivity contribution in [2.75, 3.05) is 39.3 Å².